The molecule has 1 aromatic heterocycles. The van der Waals surface area contributed by atoms with Crippen LogP contribution in [0.5, 0.6) is 5.75 Å². The van der Waals surface area contributed by atoms with Crippen LogP contribution in [0.25, 0.3) is 10.9 Å². The number of hydrogen-bond acceptors (Lipinski definition) is 3. The first-order valence-corrected chi connectivity index (χ1v) is 6.71. The van der Waals surface area contributed by atoms with Gasteiger partial charge in [-0.05, 0) is 24.3 Å². The van der Waals surface area contributed by atoms with Crippen molar-refractivity contribution in [2.45, 2.75) is 12.9 Å². The molecule has 23 heavy (non-hydrogen) atoms. The van der Waals surface area contributed by atoms with Gasteiger partial charge in [-0.2, -0.15) is 5.10 Å². The Morgan fingerprint density at radius 1 is 1.17 bits per heavy atom. The van der Waals surface area contributed by atoms with E-state index in [-0.39, 0.29) is 12.3 Å². The van der Waals surface area contributed by atoms with Crippen LogP contribution in [-0.2, 0) is 6.54 Å². The normalized spacial score (nSPS) is 11.6. The summed E-state index contributed by atoms with van der Waals surface area (Å²) in [7, 11) is 0. The lowest BCUT2D eigenvalue weighted by Crippen LogP contribution is -2.18. The molecule has 0 amide bonds. The summed E-state index contributed by atoms with van der Waals surface area (Å²) in [5.74, 6) is -0.256. The van der Waals surface area contributed by atoms with E-state index in [1.165, 1.54) is 16.8 Å². The van der Waals surface area contributed by atoms with Crippen molar-refractivity contribution in [2.24, 2.45) is 0 Å². The number of para-hydroxylation sites is 1. The van der Waals surface area contributed by atoms with Crippen molar-refractivity contribution < 1.29 is 22.7 Å². The lowest BCUT2D eigenvalue weighted by molar-refractivity contribution is -0.274. The van der Waals surface area contributed by atoms with Gasteiger partial charge in [-0.3, -0.25) is 9.48 Å². The Bertz CT molecular complexity index is 856. The fraction of sp³-hybridized carbons (Fsp3) is 0.125. The summed E-state index contributed by atoms with van der Waals surface area (Å²) < 4.78 is 42.8. The highest BCUT2D eigenvalue weighted by molar-refractivity contribution is 5.86. The molecular formula is C16H11F3N2O2. The molecule has 0 unspecified atom stereocenters. The van der Waals surface area contributed by atoms with Crippen molar-refractivity contribution in [3.8, 4) is 5.75 Å². The Labute approximate surface area is 129 Å². The molecule has 0 saturated heterocycles. The summed E-state index contributed by atoms with van der Waals surface area (Å²) in [4.78, 5) is 10.8. The van der Waals surface area contributed by atoms with E-state index in [9.17, 15) is 18.0 Å². The number of benzene rings is 2. The van der Waals surface area contributed by atoms with Crippen LogP contribution in [0.1, 0.15) is 15.9 Å². The summed E-state index contributed by atoms with van der Waals surface area (Å²) in [5.41, 5.74) is 1.52. The van der Waals surface area contributed by atoms with Gasteiger partial charge < -0.3 is 4.74 Å². The SMILES string of the molecule is O=Cc1ccc2nn(Cc3ccccc3OC(F)(F)F)cc2c1. The van der Waals surface area contributed by atoms with Crippen LogP contribution < -0.4 is 4.74 Å². The van der Waals surface area contributed by atoms with Gasteiger partial charge in [-0.1, -0.05) is 18.2 Å². The molecule has 0 aliphatic heterocycles. The van der Waals surface area contributed by atoms with E-state index in [0.717, 1.165) is 11.7 Å². The van der Waals surface area contributed by atoms with Crippen molar-refractivity contribution in [2.75, 3.05) is 0 Å². The molecule has 0 aliphatic rings. The summed E-state index contributed by atoms with van der Waals surface area (Å²) in [6, 6.07) is 10.9. The average molecular weight is 320 g/mol. The van der Waals surface area contributed by atoms with Crippen molar-refractivity contribution in [3.05, 3.63) is 59.8 Å². The second-order valence-corrected chi connectivity index (χ2v) is 4.92. The fourth-order valence-corrected chi connectivity index (χ4v) is 2.28. The van der Waals surface area contributed by atoms with Gasteiger partial charge in [0.05, 0.1) is 12.1 Å². The topological polar surface area (TPSA) is 44.1 Å². The number of aromatic nitrogens is 2. The van der Waals surface area contributed by atoms with Crippen LogP contribution in [0, 0.1) is 0 Å². The number of fused-ring (bicyclic) bond motifs is 1. The van der Waals surface area contributed by atoms with E-state index >= 15 is 0 Å². The molecule has 4 nitrogen and oxygen atoms in total. The molecule has 0 bridgehead atoms. The van der Waals surface area contributed by atoms with Crippen molar-refractivity contribution in [1.29, 1.82) is 0 Å². The Morgan fingerprint density at radius 2 is 1.96 bits per heavy atom. The monoisotopic (exact) mass is 320 g/mol. The summed E-state index contributed by atoms with van der Waals surface area (Å²) in [6.07, 6.45) is -2.35. The number of halogens is 3. The predicted molar refractivity (Wildman–Crippen MR) is 77.3 cm³/mol. The van der Waals surface area contributed by atoms with Crippen molar-refractivity contribution in [1.82, 2.24) is 9.78 Å². The van der Waals surface area contributed by atoms with Gasteiger partial charge >= 0.3 is 6.36 Å². The third kappa shape index (κ3) is 3.50. The van der Waals surface area contributed by atoms with E-state index in [1.807, 2.05) is 0 Å². The highest BCUT2D eigenvalue weighted by atomic mass is 19.4. The zero-order valence-electron chi connectivity index (χ0n) is 11.7. The van der Waals surface area contributed by atoms with E-state index in [2.05, 4.69) is 9.84 Å². The van der Waals surface area contributed by atoms with Gasteiger partial charge in [0, 0.05) is 22.7 Å². The Balaban J connectivity index is 1.91. The molecule has 0 fully saturated rings. The fourth-order valence-electron chi connectivity index (χ4n) is 2.28. The van der Waals surface area contributed by atoms with Gasteiger partial charge in [0.1, 0.15) is 12.0 Å². The van der Waals surface area contributed by atoms with Gasteiger partial charge in [0.25, 0.3) is 0 Å². The number of nitrogens with zero attached hydrogens (tertiary/aromatic N) is 2. The Morgan fingerprint density at radius 3 is 2.70 bits per heavy atom. The van der Waals surface area contributed by atoms with Gasteiger partial charge in [-0.15, -0.1) is 13.2 Å². The molecule has 0 spiro atoms. The molecule has 1 heterocycles. The lowest BCUT2D eigenvalue weighted by Gasteiger charge is -2.13. The maximum atomic E-state index is 12.4. The third-order valence-electron chi connectivity index (χ3n) is 3.24. The molecule has 2 aromatic carbocycles. The van der Waals surface area contributed by atoms with Gasteiger partial charge in [0.2, 0.25) is 0 Å². The smallest absolute Gasteiger partial charge is 0.405 e. The number of hydrogen-bond donors (Lipinski definition) is 0. The molecule has 0 atom stereocenters. The molecule has 0 aliphatic carbocycles. The zero-order chi connectivity index (χ0) is 16.4. The van der Waals surface area contributed by atoms with E-state index in [1.54, 1.807) is 36.5 Å². The quantitative estimate of drug-likeness (QED) is 0.687. The van der Waals surface area contributed by atoms with E-state index in [0.29, 0.717) is 16.6 Å². The second-order valence-electron chi connectivity index (χ2n) is 4.92. The average Bonchev–Trinajstić information content (AvgIpc) is 2.89. The van der Waals surface area contributed by atoms with Crippen molar-refractivity contribution >= 4 is 17.2 Å². The molecule has 0 radical (unpaired) electrons. The number of carbonyl (C=O) groups excluding carboxylic acids is 1. The van der Waals surface area contributed by atoms with Gasteiger partial charge in [0.15, 0.2) is 0 Å². The minimum Gasteiger partial charge on any atom is -0.405 e. The standard InChI is InChI=1S/C16H11F3N2O2/c17-16(18,19)23-15-4-2-1-3-12(15)8-21-9-13-7-11(10-22)5-6-14(13)20-21/h1-7,9-10H,8H2. The maximum absolute atomic E-state index is 12.4. The number of ether oxygens (including phenoxy) is 1. The molecule has 0 saturated carbocycles. The number of carbonyl (C=O) groups is 1. The van der Waals surface area contributed by atoms with Crippen LogP contribution in [-0.4, -0.2) is 22.4 Å². The van der Waals surface area contributed by atoms with Crippen LogP contribution >= 0.6 is 0 Å². The van der Waals surface area contributed by atoms with E-state index < -0.39 is 6.36 Å². The predicted octanol–water partition coefficient (Wildman–Crippen LogP) is 3.80. The summed E-state index contributed by atoms with van der Waals surface area (Å²) in [5, 5.41) is 5.02. The van der Waals surface area contributed by atoms with Crippen LogP contribution in [0.4, 0.5) is 13.2 Å². The largest absolute Gasteiger partial charge is 0.573 e. The first-order valence-electron chi connectivity index (χ1n) is 6.71. The minimum absolute atomic E-state index is 0.122. The second kappa shape index (κ2) is 5.75. The summed E-state index contributed by atoms with van der Waals surface area (Å²) in [6.45, 7) is 0.122. The molecule has 3 rings (SSSR count). The first-order chi connectivity index (χ1) is 10.9. The van der Waals surface area contributed by atoms with Crippen LogP contribution in [0.2, 0.25) is 0 Å². The highest BCUT2D eigenvalue weighted by Gasteiger charge is 2.32. The number of aldehydes is 1. The van der Waals surface area contributed by atoms with Crippen LogP contribution in [0.15, 0.2) is 48.7 Å². The third-order valence-corrected chi connectivity index (χ3v) is 3.24. The molecule has 3 aromatic rings. The minimum atomic E-state index is -4.75. The van der Waals surface area contributed by atoms with Gasteiger partial charge in [-0.25, -0.2) is 0 Å². The lowest BCUT2D eigenvalue weighted by atomic mass is 10.2. The number of alkyl halides is 3. The first kappa shape index (κ1) is 15.1. The molecule has 0 N–H and O–H groups in total. The maximum Gasteiger partial charge on any atom is 0.573 e. The highest BCUT2D eigenvalue weighted by Crippen LogP contribution is 2.27. The summed E-state index contributed by atoms with van der Waals surface area (Å²) >= 11 is 0. The van der Waals surface area contributed by atoms with E-state index in [4.69, 9.17) is 0 Å². The number of rotatable bonds is 4. The molecule has 7 heteroatoms. The Hall–Kier alpha value is -2.83. The van der Waals surface area contributed by atoms with Crippen molar-refractivity contribution in [3.63, 3.8) is 0 Å². The molecule has 118 valence electrons. The van der Waals surface area contributed by atoms with Crippen LogP contribution in [0.3, 0.4) is 0 Å². The molecular weight excluding hydrogens is 309 g/mol. The zero-order valence-corrected chi connectivity index (χ0v) is 11.7. The Kier molecular flexibility index (Phi) is 3.77.